The van der Waals surface area contributed by atoms with Gasteiger partial charge in [0.1, 0.15) is 5.75 Å². The van der Waals surface area contributed by atoms with Crippen LogP contribution in [-0.4, -0.2) is 52.7 Å². The summed E-state index contributed by atoms with van der Waals surface area (Å²) in [4.78, 5) is 2.50. The van der Waals surface area contributed by atoms with Gasteiger partial charge >= 0.3 is 0 Å². The van der Waals surface area contributed by atoms with Crippen molar-refractivity contribution < 1.29 is 14.6 Å². The van der Waals surface area contributed by atoms with Gasteiger partial charge in [-0.05, 0) is 49.7 Å². The van der Waals surface area contributed by atoms with Crippen molar-refractivity contribution in [1.82, 2.24) is 9.91 Å². The van der Waals surface area contributed by atoms with Gasteiger partial charge in [0.2, 0.25) is 5.72 Å². The van der Waals surface area contributed by atoms with E-state index in [9.17, 15) is 5.11 Å². The molecule has 0 bridgehead atoms. The van der Waals surface area contributed by atoms with Crippen molar-refractivity contribution in [2.75, 3.05) is 20.2 Å². The van der Waals surface area contributed by atoms with E-state index in [1.165, 1.54) is 0 Å². The average molecular weight is 408 g/mol. The van der Waals surface area contributed by atoms with Crippen LogP contribution in [0.4, 0.5) is 0 Å². The summed E-state index contributed by atoms with van der Waals surface area (Å²) in [5, 5.41) is 17.0. The summed E-state index contributed by atoms with van der Waals surface area (Å²) in [5.74, 6) is 1.92. The molecule has 3 heterocycles. The highest BCUT2D eigenvalue weighted by Gasteiger charge is 2.52. The van der Waals surface area contributed by atoms with Crippen molar-refractivity contribution in [3.05, 3.63) is 53.6 Å². The van der Waals surface area contributed by atoms with Crippen LogP contribution in [0.5, 0.6) is 17.2 Å². The predicted octanol–water partition coefficient (Wildman–Crippen LogP) is 4.14. The summed E-state index contributed by atoms with van der Waals surface area (Å²) >= 11 is 0. The fourth-order valence-electron chi connectivity index (χ4n) is 4.98. The Morgan fingerprint density at radius 1 is 1.13 bits per heavy atom. The molecule has 3 aliphatic rings. The highest BCUT2D eigenvalue weighted by atomic mass is 16.5. The van der Waals surface area contributed by atoms with Gasteiger partial charge in [0.15, 0.2) is 11.5 Å². The first kappa shape index (κ1) is 19.2. The first-order valence-corrected chi connectivity index (χ1v) is 10.8. The molecule has 1 atom stereocenters. The molecule has 0 aromatic heterocycles. The van der Waals surface area contributed by atoms with E-state index in [0.717, 1.165) is 60.7 Å². The van der Waals surface area contributed by atoms with Gasteiger partial charge < -0.3 is 19.5 Å². The molecule has 0 radical (unpaired) electrons. The number of nitrogens with zero attached hydrogens (tertiary/aromatic N) is 3. The number of piperidine rings is 1. The average Bonchev–Trinajstić information content (AvgIpc) is 3.21. The van der Waals surface area contributed by atoms with Crippen LogP contribution in [0.15, 0.2) is 47.6 Å². The minimum atomic E-state index is -0.462. The number of ether oxygens (including phenoxy) is 2. The Bertz CT molecular complexity index is 962. The fourth-order valence-corrected chi connectivity index (χ4v) is 4.98. The third-order valence-electron chi connectivity index (χ3n) is 6.72. The van der Waals surface area contributed by atoms with Crippen molar-refractivity contribution in [2.45, 2.75) is 50.9 Å². The van der Waals surface area contributed by atoms with Crippen molar-refractivity contribution in [3.8, 4) is 17.2 Å². The first-order valence-electron chi connectivity index (χ1n) is 10.8. The Morgan fingerprint density at radius 3 is 2.53 bits per heavy atom. The SMILES string of the molecule is COc1cccc2c1OC1(CCN(C(C)C)CC1)N1N=C(c3ccc(O)cc3)C[C@@H]21. The van der Waals surface area contributed by atoms with Crippen LogP contribution in [-0.2, 0) is 0 Å². The topological polar surface area (TPSA) is 57.5 Å². The maximum Gasteiger partial charge on any atom is 0.200 e. The number of methoxy groups -OCH3 is 1. The number of phenolic OH excluding ortho intramolecular Hbond substituents is 1. The lowest BCUT2D eigenvalue weighted by molar-refractivity contribution is -0.153. The predicted molar refractivity (Wildman–Crippen MR) is 116 cm³/mol. The monoisotopic (exact) mass is 407 g/mol. The van der Waals surface area contributed by atoms with Gasteiger partial charge in [-0.2, -0.15) is 5.10 Å². The van der Waals surface area contributed by atoms with Crippen molar-refractivity contribution in [2.24, 2.45) is 5.10 Å². The Kier molecular flexibility index (Phi) is 4.62. The molecule has 5 rings (SSSR count). The van der Waals surface area contributed by atoms with Crippen LogP contribution in [0.1, 0.15) is 50.3 Å². The van der Waals surface area contributed by atoms with E-state index in [1.54, 1.807) is 19.2 Å². The highest BCUT2D eigenvalue weighted by Crippen LogP contribution is 2.52. The Morgan fingerprint density at radius 2 is 1.87 bits per heavy atom. The number of likely N-dealkylation sites (tertiary alicyclic amines) is 1. The minimum Gasteiger partial charge on any atom is -0.508 e. The molecule has 158 valence electrons. The van der Waals surface area contributed by atoms with Crippen LogP contribution >= 0.6 is 0 Å². The van der Waals surface area contributed by atoms with Crippen LogP contribution in [0.3, 0.4) is 0 Å². The van der Waals surface area contributed by atoms with E-state index in [2.05, 4.69) is 29.8 Å². The van der Waals surface area contributed by atoms with E-state index in [4.69, 9.17) is 14.6 Å². The summed E-state index contributed by atoms with van der Waals surface area (Å²) in [6.45, 7) is 6.46. The van der Waals surface area contributed by atoms with Crippen molar-refractivity contribution >= 4 is 5.71 Å². The zero-order valence-electron chi connectivity index (χ0n) is 17.8. The van der Waals surface area contributed by atoms with Gasteiger partial charge in [0.25, 0.3) is 0 Å². The summed E-state index contributed by atoms with van der Waals surface area (Å²) < 4.78 is 12.4. The Labute approximate surface area is 177 Å². The minimum absolute atomic E-state index is 0.123. The highest BCUT2D eigenvalue weighted by molar-refractivity contribution is 6.02. The molecular formula is C24H29N3O3. The lowest BCUT2D eigenvalue weighted by Crippen LogP contribution is -2.59. The second kappa shape index (κ2) is 7.20. The number of rotatable bonds is 3. The molecule has 6 heteroatoms. The number of hydrazone groups is 1. The fraction of sp³-hybridized carbons (Fsp3) is 0.458. The van der Waals surface area contributed by atoms with Crippen molar-refractivity contribution in [1.29, 1.82) is 0 Å². The number of benzene rings is 2. The standard InChI is InChI=1S/C24H29N3O3/c1-16(2)26-13-11-24(12-14-26)27-21(19-5-4-6-22(29-3)23(19)30-24)15-20(25-27)17-7-9-18(28)10-8-17/h4-10,16,21,28H,11-15H2,1-3H3/t21-/m0/s1. The maximum atomic E-state index is 9.67. The number of fused-ring (bicyclic) bond motifs is 4. The van der Waals surface area contributed by atoms with E-state index in [0.29, 0.717) is 6.04 Å². The van der Waals surface area contributed by atoms with E-state index >= 15 is 0 Å². The smallest absolute Gasteiger partial charge is 0.200 e. The molecule has 0 saturated carbocycles. The number of hydrogen-bond acceptors (Lipinski definition) is 6. The summed E-state index contributed by atoms with van der Waals surface area (Å²) in [5.41, 5.74) is 2.74. The van der Waals surface area contributed by atoms with Gasteiger partial charge in [0.05, 0.1) is 18.9 Å². The second-order valence-corrected chi connectivity index (χ2v) is 8.71. The van der Waals surface area contributed by atoms with E-state index in [1.807, 2.05) is 24.3 Å². The van der Waals surface area contributed by atoms with Crippen LogP contribution in [0, 0.1) is 0 Å². The molecule has 1 N–H and O–H groups in total. The van der Waals surface area contributed by atoms with Crippen LogP contribution < -0.4 is 9.47 Å². The maximum absolute atomic E-state index is 9.67. The van der Waals surface area contributed by atoms with Crippen LogP contribution in [0.25, 0.3) is 0 Å². The third-order valence-corrected chi connectivity index (χ3v) is 6.72. The lowest BCUT2D eigenvalue weighted by atomic mass is 9.90. The van der Waals surface area contributed by atoms with Gasteiger partial charge in [-0.1, -0.05) is 12.1 Å². The Hall–Kier alpha value is -2.73. The molecule has 0 amide bonds. The normalized spacial score (nSPS) is 22.5. The number of para-hydroxylation sites is 1. The van der Waals surface area contributed by atoms with Gasteiger partial charge in [-0.3, -0.25) is 0 Å². The van der Waals surface area contributed by atoms with Crippen molar-refractivity contribution in [3.63, 3.8) is 0 Å². The number of aromatic hydroxyl groups is 1. The Balaban J connectivity index is 1.56. The van der Waals surface area contributed by atoms with E-state index < -0.39 is 5.72 Å². The van der Waals surface area contributed by atoms with Gasteiger partial charge in [-0.25, -0.2) is 5.01 Å². The van der Waals surface area contributed by atoms with Gasteiger partial charge in [0, 0.05) is 44.0 Å². The molecule has 0 unspecified atom stereocenters. The van der Waals surface area contributed by atoms with Crippen LogP contribution in [0.2, 0.25) is 0 Å². The summed E-state index contributed by atoms with van der Waals surface area (Å²) in [6, 6.07) is 14.1. The second-order valence-electron chi connectivity index (χ2n) is 8.71. The first-order chi connectivity index (χ1) is 14.5. The molecule has 2 aromatic carbocycles. The molecule has 1 spiro atoms. The lowest BCUT2D eigenvalue weighted by Gasteiger charge is -2.51. The quantitative estimate of drug-likeness (QED) is 0.829. The third kappa shape index (κ3) is 3.01. The van der Waals surface area contributed by atoms with Gasteiger partial charge in [-0.15, -0.1) is 0 Å². The molecule has 1 saturated heterocycles. The molecule has 3 aliphatic heterocycles. The summed E-state index contributed by atoms with van der Waals surface area (Å²) in [7, 11) is 1.70. The summed E-state index contributed by atoms with van der Waals surface area (Å²) in [6.07, 6.45) is 2.60. The van der Waals surface area contributed by atoms with E-state index in [-0.39, 0.29) is 11.8 Å². The zero-order valence-corrected chi connectivity index (χ0v) is 17.8. The molecule has 6 nitrogen and oxygen atoms in total. The molecule has 1 fully saturated rings. The molecule has 30 heavy (non-hydrogen) atoms. The number of phenols is 1. The zero-order chi connectivity index (χ0) is 20.9. The number of hydrogen-bond donors (Lipinski definition) is 1. The largest absolute Gasteiger partial charge is 0.508 e. The molecule has 2 aromatic rings. The molecule has 0 aliphatic carbocycles. The molecular weight excluding hydrogens is 378 g/mol.